The first-order valence-corrected chi connectivity index (χ1v) is 12.0. The van der Waals surface area contributed by atoms with Gasteiger partial charge in [-0.05, 0) is 55.9 Å². The minimum atomic E-state index is -0.907. The van der Waals surface area contributed by atoms with E-state index in [4.69, 9.17) is 0 Å². The van der Waals surface area contributed by atoms with Crippen molar-refractivity contribution in [3.05, 3.63) is 28.2 Å². The summed E-state index contributed by atoms with van der Waals surface area (Å²) in [5, 5.41) is 16.5. The van der Waals surface area contributed by atoms with Crippen molar-refractivity contribution in [2.45, 2.75) is 63.8 Å². The van der Waals surface area contributed by atoms with Gasteiger partial charge in [0.2, 0.25) is 5.91 Å². The molecule has 4 aliphatic carbocycles. The number of hydrogen-bond acceptors (Lipinski definition) is 4. The number of amides is 2. The van der Waals surface area contributed by atoms with Crippen LogP contribution in [0.25, 0.3) is 0 Å². The van der Waals surface area contributed by atoms with E-state index in [9.17, 15) is 19.5 Å². The van der Waals surface area contributed by atoms with E-state index in [1.54, 1.807) is 0 Å². The van der Waals surface area contributed by atoms with Gasteiger partial charge in [-0.3, -0.25) is 14.4 Å². The van der Waals surface area contributed by atoms with E-state index in [-0.39, 0.29) is 29.7 Å². The van der Waals surface area contributed by atoms with Crippen molar-refractivity contribution < 1.29 is 19.5 Å². The third kappa shape index (κ3) is 3.37. The van der Waals surface area contributed by atoms with Crippen molar-refractivity contribution in [2.24, 2.45) is 23.7 Å². The smallest absolute Gasteiger partial charge is 0.307 e. The van der Waals surface area contributed by atoms with Gasteiger partial charge in [0.05, 0.1) is 17.4 Å². The molecule has 1 aromatic rings. The molecule has 0 aromatic carbocycles. The maximum Gasteiger partial charge on any atom is 0.307 e. The summed E-state index contributed by atoms with van der Waals surface area (Å²) in [5.41, 5.74) is 1.70. The Morgan fingerprint density at radius 1 is 0.967 bits per heavy atom. The summed E-state index contributed by atoms with van der Waals surface area (Å²) in [6, 6.07) is 0.207. The summed E-state index contributed by atoms with van der Waals surface area (Å²) in [4.78, 5) is 39.3. The molecule has 5 rings (SSSR count). The third-order valence-electron chi connectivity index (χ3n) is 7.37. The highest BCUT2D eigenvalue weighted by molar-refractivity contribution is 7.17. The van der Waals surface area contributed by atoms with E-state index in [0.717, 1.165) is 56.9 Å². The summed E-state index contributed by atoms with van der Waals surface area (Å²) < 4.78 is 0. The highest BCUT2D eigenvalue weighted by Crippen LogP contribution is 2.49. The number of nitrogens with one attached hydrogen (secondary N) is 2. The first kappa shape index (κ1) is 19.8. The van der Waals surface area contributed by atoms with E-state index in [2.05, 4.69) is 10.6 Å². The fourth-order valence-electron chi connectivity index (χ4n) is 5.95. The van der Waals surface area contributed by atoms with Gasteiger partial charge in [0.25, 0.3) is 5.91 Å². The predicted octanol–water partition coefficient (Wildman–Crippen LogP) is 3.76. The number of aliphatic carboxylic acids is 1. The SMILES string of the molecule is O=C(NC1CCCCC1)c1c(NC(=O)[C@@H]2[C@H](C(=O)O)[C@H]3C=C[C@H]2C3)sc2c1CCC2. The maximum atomic E-state index is 13.2. The molecule has 1 heterocycles. The summed E-state index contributed by atoms with van der Waals surface area (Å²) in [5.74, 6) is -2.58. The number of thiophene rings is 1. The van der Waals surface area contributed by atoms with Crippen LogP contribution in [-0.2, 0) is 22.4 Å². The van der Waals surface area contributed by atoms with Crippen molar-refractivity contribution in [1.29, 1.82) is 0 Å². The first-order valence-electron chi connectivity index (χ1n) is 11.2. The molecule has 160 valence electrons. The molecule has 2 saturated carbocycles. The van der Waals surface area contributed by atoms with Crippen LogP contribution in [0.1, 0.15) is 65.7 Å². The van der Waals surface area contributed by atoms with Crippen LogP contribution in [0.3, 0.4) is 0 Å². The molecule has 7 heteroatoms. The Kier molecular flexibility index (Phi) is 5.17. The number of rotatable bonds is 5. The molecule has 30 heavy (non-hydrogen) atoms. The summed E-state index contributed by atoms with van der Waals surface area (Å²) in [6.45, 7) is 0. The van der Waals surface area contributed by atoms with Gasteiger partial charge < -0.3 is 15.7 Å². The van der Waals surface area contributed by atoms with Gasteiger partial charge in [-0.2, -0.15) is 0 Å². The topological polar surface area (TPSA) is 95.5 Å². The second-order valence-electron chi connectivity index (χ2n) is 9.20. The van der Waals surface area contributed by atoms with Crippen molar-refractivity contribution in [1.82, 2.24) is 5.32 Å². The molecule has 0 saturated heterocycles. The molecule has 0 spiro atoms. The highest BCUT2D eigenvalue weighted by atomic mass is 32.1. The molecule has 2 bridgehead atoms. The lowest BCUT2D eigenvalue weighted by Crippen LogP contribution is -2.38. The third-order valence-corrected chi connectivity index (χ3v) is 8.58. The van der Waals surface area contributed by atoms with Crippen LogP contribution in [-0.4, -0.2) is 28.9 Å². The average molecular weight is 429 g/mol. The number of anilines is 1. The largest absolute Gasteiger partial charge is 0.481 e. The Balaban J connectivity index is 1.38. The van der Waals surface area contributed by atoms with Crippen LogP contribution in [0.2, 0.25) is 0 Å². The number of fused-ring (bicyclic) bond motifs is 3. The van der Waals surface area contributed by atoms with Crippen LogP contribution < -0.4 is 10.6 Å². The van der Waals surface area contributed by atoms with E-state index >= 15 is 0 Å². The monoisotopic (exact) mass is 428 g/mol. The molecule has 4 aliphatic rings. The van der Waals surface area contributed by atoms with Gasteiger partial charge >= 0.3 is 5.97 Å². The number of carbonyl (C=O) groups is 3. The number of hydrogen-bond donors (Lipinski definition) is 3. The average Bonchev–Trinajstić information content (AvgIpc) is 3.48. The molecule has 0 radical (unpaired) electrons. The van der Waals surface area contributed by atoms with Crippen molar-refractivity contribution in [2.75, 3.05) is 5.32 Å². The molecule has 6 nitrogen and oxygen atoms in total. The van der Waals surface area contributed by atoms with E-state index in [1.165, 1.54) is 22.6 Å². The highest BCUT2D eigenvalue weighted by Gasteiger charge is 2.51. The van der Waals surface area contributed by atoms with Gasteiger partial charge in [-0.1, -0.05) is 31.4 Å². The zero-order chi connectivity index (χ0) is 20.8. The maximum absolute atomic E-state index is 13.2. The Labute approximate surface area is 180 Å². The van der Waals surface area contributed by atoms with Gasteiger partial charge in [0.15, 0.2) is 0 Å². The zero-order valence-electron chi connectivity index (χ0n) is 17.0. The van der Waals surface area contributed by atoms with E-state index in [1.807, 2.05) is 12.2 Å². The van der Waals surface area contributed by atoms with Crippen LogP contribution in [0.15, 0.2) is 12.2 Å². The van der Waals surface area contributed by atoms with Crippen molar-refractivity contribution in [3.63, 3.8) is 0 Å². The number of carboxylic acids is 1. The lowest BCUT2D eigenvalue weighted by Gasteiger charge is -2.24. The molecule has 3 N–H and O–H groups in total. The zero-order valence-corrected chi connectivity index (χ0v) is 17.8. The Bertz CT molecular complexity index is 915. The van der Waals surface area contributed by atoms with Gasteiger partial charge in [0, 0.05) is 10.9 Å². The van der Waals surface area contributed by atoms with Crippen molar-refractivity contribution >= 4 is 34.1 Å². The second kappa shape index (κ2) is 7.84. The quantitative estimate of drug-likeness (QED) is 0.622. The molecular weight excluding hydrogens is 400 g/mol. The fraction of sp³-hybridized carbons (Fsp3) is 0.609. The molecular formula is C23H28N2O4S. The van der Waals surface area contributed by atoms with Gasteiger partial charge in [0.1, 0.15) is 5.00 Å². The summed E-state index contributed by atoms with van der Waals surface area (Å²) in [7, 11) is 0. The second-order valence-corrected chi connectivity index (χ2v) is 10.3. The standard InChI is InChI=1S/C23H28N2O4S/c26-20(17-12-9-10-13(11-12)18(17)23(28)29)25-22-19(15-7-4-8-16(15)30-22)21(27)24-14-5-2-1-3-6-14/h9-10,12-14,17-18H,1-8,11H2,(H,24,27)(H,25,26)(H,28,29)/t12-,13-,17-,18+/m0/s1. The number of aryl methyl sites for hydroxylation is 1. The molecule has 4 atom stereocenters. The summed E-state index contributed by atoms with van der Waals surface area (Å²) in [6.07, 6.45) is 13.0. The van der Waals surface area contributed by atoms with Crippen LogP contribution >= 0.6 is 11.3 Å². The Morgan fingerprint density at radius 3 is 2.43 bits per heavy atom. The predicted molar refractivity (Wildman–Crippen MR) is 115 cm³/mol. The van der Waals surface area contributed by atoms with E-state index < -0.39 is 17.8 Å². The number of carbonyl (C=O) groups excluding carboxylic acids is 2. The Hall–Kier alpha value is -2.15. The van der Waals surface area contributed by atoms with Crippen LogP contribution in [0, 0.1) is 23.7 Å². The van der Waals surface area contributed by atoms with Gasteiger partial charge in [-0.15, -0.1) is 11.3 Å². The van der Waals surface area contributed by atoms with E-state index in [0.29, 0.717) is 10.6 Å². The molecule has 0 aliphatic heterocycles. The molecule has 0 unspecified atom stereocenters. The van der Waals surface area contributed by atoms with Crippen LogP contribution in [0.4, 0.5) is 5.00 Å². The molecule has 2 amide bonds. The van der Waals surface area contributed by atoms with Gasteiger partial charge in [-0.25, -0.2) is 0 Å². The Morgan fingerprint density at radius 2 is 1.70 bits per heavy atom. The fourth-order valence-corrected chi connectivity index (χ4v) is 7.24. The lowest BCUT2D eigenvalue weighted by molar-refractivity contribution is -0.146. The normalized spacial score (nSPS) is 29.7. The minimum Gasteiger partial charge on any atom is -0.481 e. The van der Waals surface area contributed by atoms with Crippen LogP contribution in [0.5, 0.6) is 0 Å². The van der Waals surface area contributed by atoms with Crippen molar-refractivity contribution in [3.8, 4) is 0 Å². The number of carboxylic acid groups (broad SMARTS) is 1. The molecule has 2 fully saturated rings. The lowest BCUT2D eigenvalue weighted by atomic mass is 9.82. The minimum absolute atomic E-state index is 0.0255. The number of allylic oxidation sites excluding steroid dienone is 2. The molecule has 1 aromatic heterocycles. The summed E-state index contributed by atoms with van der Waals surface area (Å²) >= 11 is 1.50. The first-order chi connectivity index (χ1) is 14.5.